The maximum absolute atomic E-state index is 12.4. The van der Waals surface area contributed by atoms with E-state index in [2.05, 4.69) is 23.7 Å². The number of nitrogens with zero attached hydrogens (tertiary/aromatic N) is 1. The molecule has 1 aromatic carbocycles. The summed E-state index contributed by atoms with van der Waals surface area (Å²) in [5.74, 6) is -0.648. The zero-order valence-corrected chi connectivity index (χ0v) is 13.3. The van der Waals surface area contributed by atoms with Crippen LogP contribution in [0.25, 0.3) is 0 Å². The van der Waals surface area contributed by atoms with Crippen LogP contribution in [0.15, 0.2) is 30.3 Å². The van der Waals surface area contributed by atoms with Gasteiger partial charge in [-0.15, -0.1) is 0 Å². The number of anilines is 1. The fourth-order valence-corrected chi connectivity index (χ4v) is 2.72. The first-order chi connectivity index (χ1) is 10.3. The average Bonchev–Trinajstić information content (AvgIpc) is 2.74. The van der Waals surface area contributed by atoms with E-state index < -0.39 is 5.91 Å². The van der Waals surface area contributed by atoms with Crippen molar-refractivity contribution in [3.05, 3.63) is 52.8 Å². The van der Waals surface area contributed by atoms with Gasteiger partial charge in [0, 0.05) is 28.7 Å². The Bertz CT molecular complexity index is 712. The number of nitrogens with two attached hydrogens (primary N) is 1. The number of benzene rings is 1. The van der Waals surface area contributed by atoms with Gasteiger partial charge in [0.05, 0.1) is 5.56 Å². The average molecular weight is 299 g/mol. The van der Waals surface area contributed by atoms with Gasteiger partial charge < -0.3 is 15.6 Å². The first-order valence-corrected chi connectivity index (χ1v) is 7.21. The van der Waals surface area contributed by atoms with Crippen LogP contribution in [-0.2, 0) is 0 Å². The second-order valence-electron chi connectivity index (χ2n) is 5.64. The maximum atomic E-state index is 12.4. The molecule has 0 unspecified atom stereocenters. The third-order valence-electron chi connectivity index (χ3n) is 3.67. The molecule has 0 aliphatic heterocycles. The lowest BCUT2D eigenvalue weighted by molar-refractivity contribution is 0.0998. The molecule has 3 N–H and O–H groups in total. The van der Waals surface area contributed by atoms with Crippen LogP contribution in [-0.4, -0.2) is 16.4 Å². The zero-order chi connectivity index (χ0) is 16.4. The van der Waals surface area contributed by atoms with Crippen LogP contribution in [0, 0.1) is 13.8 Å². The van der Waals surface area contributed by atoms with E-state index in [1.54, 1.807) is 24.3 Å². The smallest absolute Gasteiger partial charge is 0.257 e. The molecule has 5 nitrogen and oxygen atoms in total. The number of carbonyl (C=O) groups is 2. The summed E-state index contributed by atoms with van der Waals surface area (Å²) >= 11 is 0. The number of aromatic nitrogens is 1. The monoisotopic (exact) mass is 299 g/mol. The Hall–Kier alpha value is -2.56. The summed E-state index contributed by atoms with van der Waals surface area (Å²) in [6, 6.07) is 8.71. The summed E-state index contributed by atoms with van der Waals surface area (Å²) < 4.78 is 2.13. The topological polar surface area (TPSA) is 77.1 Å². The minimum atomic E-state index is -0.488. The van der Waals surface area contributed by atoms with Crippen LogP contribution in [0.3, 0.4) is 0 Å². The Balaban J connectivity index is 2.22. The lowest BCUT2D eigenvalue weighted by Gasteiger charge is -2.13. The second kappa shape index (κ2) is 6.05. The lowest BCUT2D eigenvalue weighted by Crippen LogP contribution is -2.14. The highest BCUT2D eigenvalue weighted by Gasteiger charge is 2.17. The summed E-state index contributed by atoms with van der Waals surface area (Å²) in [4.78, 5) is 23.5. The maximum Gasteiger partial charge on any atom is 0.257 e. The number of rotatable bonds is 4. The largest absolute Gasteiger partial charge is 0.366 e. The molecule has 5 heteroatoms. The number of hydrogen-bond donors (Lipinski definition) is 2. The van der Waals surface area contributed by atoms with E-state index in [1.807, 2.05) is 19.9 Å². The summed E-state index contributed by atoms with van der Waals surface area (Å²) in [5, 5.41) is 2.84. The van der Waals surface area contributed by atoms with Crippen molar-refractivity contribution in [1.82, 2.24) is 4.57 Å². The SMILES string of the molecule is Cc1cc(C(=O)Nc2ccc(C(N)=O)cc2)c(C)n1C(C)C. The molecule has 2 amide bonds. The predicted octanol–water partition coefficient (Wildman–Crippen LogP) is 3.04. The van der Waals surface area contributed by atoms with Crippen molar-refractivity contribution in [1.29, 1.82) is 0 Å². The van der Waals surface area contributed by atoms with Crippen LogP contribution in [0.5, 0.6) is 0 Å². The Morgan fingerprint density at radius 1 is 1.14 bits per heavy atom. The van der Waals surface area contributed by atoms with Crippen LogP contribution >= 0.6 is 0 Å². The van der Waals surface area contributed by atoms with Gasteiger partial charge in [-0.25, -0.2) is 0 Å². The third kappa shape index (κ3) is 3.03. The van der Waals surface area contributed by atoms with Gasteiger partial charge in [0.25, 0.3) is 5.91 Å². The van der Waals surface area contributed by atoms with E-state index in [9.17, 15) is 9.59 Å². The van der Waals surface area contributed by atoms with Crippen molar-refractivity contribution in [2.24, 2.45) is 5.73 Å². The first kappa shape index (κ1) is 15.8. The number of aryl methyl sites for hydroxylation is 1. The molecule has 0 atom stereocenters. The fraction of sp³-hybridized carbons (Fsp3) is 0.294. The van der Waals surface area contributed by atoms with E-state index in [0.29, 0.717) is 22.9 Å². The van der Waals surface area contributed by atoms with E-state index in [-0.39, 0.29) is 5.91 Å². The molecular formula is C17H21N3O2. The summed E-state index contributed by atoms with van der Waals surface area (Å²) in [5.41, 5.74) is 8.89. The van der Waals surface area contributed by atoms with Crippen molar-refractivity contribution in [2.75, 3.05) is 5.32 Å². The minimum Gasteiger partial charge on any atom is -0.366 e. The van der Waals surface area contributed by atoms with E-state index in [4.69, 9.17) is 5.73 Å². The Morgan fingerprint density at radius 2 is 1.73 bits per heavy atom. The molecule has 22 heavy (non-hydrogen) atoms. The Kier molecular flexibility index (Phi) is 4.35. The molecule has 0 radical (unpaired) electrons. The highest BCUT2D eigenvalue weighted by atomic mass is 16.2. The predicted molar refractivity (Wildman–Crippen MR) is 87.2 cm³/mol. The van der Waals surface area contributed by atoms with Crippen LogP contribution in [0.4, 0.5) is 5.69 Å². The highest BCUT2D eigenvalue weighted by molar-refractivity contribution is 6.05. The van der Waals surface area contributed by atoms with Crippen molar-refractivity contribution in [3.63, 3.8) is 0 Å². The molecule has 0 bridgehead atoms. The molecule has 0 fully saturated rings. The van der Waals surface area contributed by atoms with Gasteiger partial charge in [0.1, 0.15) is 0 Å². The summed E-state index contributed by atoms with van der Waals surface area (Å²) in [6.45, 7) is 8.11. The molecule has 1 heterocycles. The minimum absolute atomic E-state index is 0.160. The molecule has 0 spiro atoms. The standard InChI is InChI=1S/C17H21N3O2/c1-10(2)20-11(3)9-15(12(20)4)17(22)19-14-7-5-13(6-8-14)16(18)21/h5-10H,1-4H3,(H2,18,21)(H,19,22). The van der Waals surface area contributed by atoms with Gasteiger partial charge in [-0.1, -0.05) is 0 Å². The quantitative estimate of drug-likeness (QED) is 0.910. The Labute approximate surface area is 130 Å². The third-order valence-corrected chi connectivity index (χ3v) is 3.67. The summed E-state index contributed by atoms with van der Waals surface area (Å²) in [6.07, 6.45) is 0. The van der Waals surface area contributed by atoms with E-state index in [0.717, 1.165) is 11.4 Å². The van der Waals surface area contributed by atoms with E-state index in [1.165, 1.54) is 0 Å². The number of carbonyl (C=O) groups excluding carboxylic acids is 2. The molecule has 1 aromatic heterocycles. The second-order valence-corrected chi connectivity index (χ2v) is 5.64. The van der Waals surface area contributed by atoms with Gasteiger partial charge in [-0.3, -0.25) is 9.59 Å². The normalized spacial score (nSPS) is 10.8. The molecule has 2 aromatic rings. The molecule has 2 rings (SSSR count). The highest BCUT2D eigenvalue weighted by Crippen LogP contribution is 2.21. The molecule has 116 valence electrons. The molecule has 0 aliphatic rings. The number of primary amides is 1. The summed E-state index contributed by atoms with van der Waals surface area (Å²) in [7, 11) is 0. The molecule has 0 saturated heterocycles. The molecule has 0 saturated carbocycles. The number of hydrogen-bond acceptors (Lipinski definition) is 2. The number of nitrogens with one attached hydrogen (secondary N) is 1. The van der Waals surface area contributed by atoms with Gasteiger partial charge in [0.2, 0.25) is 5.91 Å². The van der Waals surface area contributed by atoms with Crippen LogP contribution in [0.2, 0.25) is 0 Å². The lowest BCUT2D eigenvalue weighted by atomic mass is 10.2. The van der Waals surface area contributed by atoms with Crippen molar-refractivity contribution in [3.8, 4) is 0 Å². The van der Waals surface area contributed by atoms with Crippen LogP contribution < -0.4 is 11.1 Å². The van der Waals surface area contributed by atoms with Crippen molar-refractivity contribution >= 4 is 17.5 Å². The van der Waals surface area contributed by atoms with Gasteiger partial charge in [-0.05, 0) is 58.0 Å². The fourth-order valence-electron chi connectivity index (χ4n) is 2.72. The first-order valence-electron chi connectivity index (χ1n) is 7.21. The van der Waals surface area contributed by atoms with Gasteiger partial charge in [0.15, 0.2) is 0 Å². The number of amides is 2. The van der Waals surface area contributed by atoms with Crippen molar-refractivity contribution < 1.29 is 9.59 Å². The zero-order valence-electron chi connectivity index (χ0n) is 13.3. The van der Waals surface area contributed by atoms with Gasteiger partial charge in [-0.2, -0.15) is 0 Å². The van der Waals surface area contributed by atoms with Crippen LogP contribution in [0.1, 0.15) is 52.0 Å². The van der Waals surface area contributed by atoms with Crippen molar-refractivity contribution in [2.45, 2.75) is 33.7 Å². The van der Waals surface area contributed by atoms with E-state index >= 15 is 0 Å². The molecule has 0 aliphatic carbocycles. The molecular weight excluding hydrogens is 278 g/mol. The van der Waals surface area contributed by atoms with Gasteiger partial charge >= 0.3 is 0 Å². The Morgan fingerprint density at radius 3 is 2.18 bits per heavy atom.